The Morgan fingerprint density at radius 1 is 1.40 bits per heavy atom. The van der Waals surface area contributed by atoms with Gasteiger partial charge in [-0.25, -0.2) is 4.99 Å². The zero-order chi connectivity index (χ0) is 14.8. The molecule has 0 saturated carbocycles. The van der Waals surface area contributed by atoms with Gasteiger partial charge in [-0.15, -0.1) is 0 Å². The predicted octanol–water partition coefficient (Wildman–Crippen LogP) is 2.54. The number of hydrogen-bond acceptors (Lipinski definition) is 2. The van der Waals surface area contributed by atoms with Gasteiger partial charge in [-0.1, -0.05) is 37.1 Å². The molecule has 0 aliphatic rings. The number of hydrogen-bond donors (Lipinski definition) is 4. The van der Waals surface area contributed by atoms with Crippen molar-refractivity contribution in [2.75, 3.05) is 6.54 Å². The van der Waals surface area contributed by atoms with E-state index in [1.165, 1.54) is 0 Å². The molecule has 0 aliphatic carbocycles. The Balaban J connectivity index is 2.63. The molecule has 1 aromatic carbocycles. The molecule has 108 valence electrons. The average Bonchev–Trinajstić information content (AvgIpc) is 2.40. The van der Waals surface area contributed by atoms with Crippen molar-refractivity contribution in [3.8, 4) is 0 Å². The summed E-state index contributed by atoms with van der Waals surface area (Å²) in [5.41, 5.74) is 6.30. The fourth-order valence-electron chi connectivity index (χ4n) is 1.41. The molecule has 0 heterocycles. The molecule has 0 aliphatic heterocycles. The highest BCUT2D eigenvalue weighted by Gasteiger charge is 1.97. The lowest BCUT2D eigenvalue weighted by Crippen LogP contribution is -2.44. The van der Waals surface area contributed by atoms with Crippen LogP contribution in [0, 0.1) is 5.41 Å². The minimum atomic E-state index is -0.146. The third-order valence-electron chi connectivity index (χ3n) is 2.42. The zero-order valence-electron chi connectivity index (χ0n) is 11.5. The van der Waals surface area contributed by atoms with Crippen molar-refractivity contribution in [3.05, 3.63) is 41.1 Å². The van der Waals surface area contributed by atoms with Crippen molar-refractivity contribution in [2.45, 2.75) is 19.8 Å². The van der Waals surface area contributed by atoms with E-state index in [9.17, 15) is 0 Å². The van der Waals surface area contributed by atoms with E-state index < -0.39 is 0 Å². The number of unbranched alkanes of at least 4 members (excludes halogenated alkanes) is 1. The summed E-state index contributed by atoms with van der Waals surface area (Å²) in [6.45, 7) is 2.89. The second-order valence-electron chi connectivity index (χ2n) is 4.16. The summed E-state index contributed by atoms with van der Waals surface area (Å²) in [4.78, 5) is 4.21. The number of nitrogens with two attached hydrogens (primary N) is 1. The molecule has 6 heteroatoms. The van der Waals surface area contributed by atoms with Gasteiger partial charge in [-0.2, -0.15) is 0 Å². The fraction of sp³-hybridized carbons (Fsp3) is 0.286. The second-order valence-corrected chi connectivity index (χ2v) is 4.60. The van der Waals surface area contributed by atoms with Gasteiger partial charge in [-0.3, -0.25) is 10.7 Å². The van der Waals surface area contributed by atoms with Crippen LogP contribution in [-0.4, -0.2) is 18.5 Å². The summed E-state index contributed by atoms with van der Waals surface area (Å²) >= 11 is 5.82. The van der Waals surface area contributed by atoms with Crippen molar-refractivity contribution in [1.82, 2.24) is 10.6 Å². The first-order valence-electron chi connectivity index (χ1n) is 6.46. The first kappa shape index (κ1) is 16.0. The van der Waals surface area contributed by atoms with E-state index in [4.69, 9.17) is 22.7 Å². The highest BCUT2D eigenvalue weighted by Crippen LogP contribution is 2.10. The van der Waals surface area contributed by atoms with Crippen LogP contribution < -0.4 is 16.4 Å². The van der Waals surface area contributed by atoms with Crippen LogP contribution >= 0.6 is 11.6 Å². The molecule has 1 rings (SSSR count). The van der Waals surface area contributed by atoms with Gasteiger partial charge in [0, 0.05) is 17.8 Å². The molecule has 1 aromatic rings. The Hall–Kier alpha value is -2.01. The molecule has 0 atom stereocenters. The van der Waals surface area contributed by atoms with Crippen LogP contribution in [0.4, 0.5) is 0 Å². The summed E-state index contributed by atoms with van der Waals surface area (Å²) in [6.07, 6.45) is 5.60. The van der Waals surface area contributed by atoms with Crippen LogP contribution in [0.25, 0.3) is 6.08 Å². The highest BCUT2D eigenvalue weighted by molar-refractivity contribution is 6.30. The standard InChI is InChI=1S/C14H20ClN5/c1-2-3-9-18-14(20-13(16)17)19-10-8-11-4-6-12(15)7-5-11/h4-8,10H,2-3,9H2,1H3,(H5,16,17,18,19,20). The van der Waals surface area contributed by atoms with Gasteiger partial charge in [-0.05, 0) is 30.2 Å². The second kappa shape index (κ2) is 8.98. The van der Waals surface area contributed by atoms with Gasteiger partial charge in [0.25, 0.3) is 0 Å². The predicted molar refractivity (Wildman–Crippen MR) is 85.9 cm³/mol. The lowest BCUT2D eigenvalue weighted by atomic mass is 10.2. The van der Waals surface area contributed by atoms with Crippen molar-refractivity contribution in [3.63, 3.8) is 0 Å². The van der Waals surface area contributed by atoms with Crippen molar-refractivity contribution in [2.24, 2.45) is 10.7 Å². The van der Waals surface area contributed by atoms with Crippen LogP contribution in [0.5, 0.6) is 0 Å². The molecule has 0 saturated heterocycles. The van der Waals surface area contributed by atoms with Gasteiger partial charge < -0.3 is 11.1 Å². The SMILES string of the molecule is CCCCNC(=NC=Cc1ccc(Cl)cc1)NC(=N)N. The van der Waals surface area contributed by atoms with Crippen LogP contribution in [0.2, 0.25) is 5.02 Å². The van der Waals surface area contributed by atoms with Gasteiger partial charge in [0.1, 0.15) is 0 Å². The smallest absolute Gasteiger partial charge is 0.202 e. The van der Waals surface area contributed by atoms with Crippen molar-refractivity contribution < 1.29 is 0 Å². The van der Waals surface area contributed by atoms with E-state index in [1.807, 2.05) is 30.3 Å². The summed E-state index contributed by atoms with van der Waals surface area (Å²) in [6, 6.07) is 7.44. The molecule has 0 spiro atoms. The lowest BCUT2D eigenvalue weighted by Gasteiger charge is -2.09. The molecule has 0 bridgehead atoms. The van der Waals surface area contributed by atoms with E-state index in [0.717, 1.165) is 24.9 Å². The maximum atomic E-state index is 7.24. The molecule has 5 nitrogen and oxygen atoms in total. The maximum absolute atomic E-state index is 7.24. The molecule has 0 fully saturated rings. The van der Waals surface area contributed by atoms with E-state index in [2.05, 4.69) is 22.5 Å². The number of rotatable bonds is 5. The zero-order valence-corrected chi connectivity index (χ0v) is 12.2. The van der Waals surface area contributed by atoms with E-state index >= 15 is 0 Å². The van der Waals surface area contributed by atoms with Gasteiger partial charge in [0.15, 0.2) is 5.96 Å². The summed E-state index contributed by atoms with van der Waals surface area (Å²) < 4.78 is 0. The summed E-state index contributed by atoms with van der Waals surface area (Å²) in [5.74, 6) is 0.323. The van der Waals surface area contributed by atoms with Crippen LogP contribution in [0.15, 0.2) is 35.5 Å². The first-order valence-corrected chi connectivity index (χ1v) is 6.84. The molecular weight excluding hydrogens is 274 g/mol. The van der Waals surface area contributed by atoms with Gasteiger partial charge in [0.05, 0.1) is 0 Å². The average molecular weight is 294 g/mol. The largest absolute Gasteiger partial charge is 0.370 e. The number of halogens is 1. The minimum Gasteiger partial charge on any atom is -0.370 e. The van der Waals surface area contributed by atoms with Crippen LogP contribution in [0.1, 0.15) is 25.3 Å². The maximum Gasteiger partial charge on any atom is 0.202 e. The van der Waals surface area contributed by atoms with Gasteiger partial charge >= 0.3 is 0 Å². The van der Waals surface area contributed by atoms with Crippen molar-refractivity contribution >= 4 is 29.6 Å². The molecule has 5 N–H and O–H groups in total. The van der Waals surface area contributed by atoms with E-state index in [0.29, 0.717) is 11.0 Å². The molecular formula is C14H20ClN5. The molecule has 20 heavy (non-hydrogen) atoms. The van der Waals surface area contributed by atoms with E-state index in [1.54, 1.807) is 6.20 Å². The lowest BCUT2D eigenvalue weighted by molar-refractivity contribution is 0.746. The Kier molecular flexibility index (Phi) is 7.21. The topological polar surface area (TPSA) is 86.3 Å². The Morgan fingerprint density at radius 2 is 2.10 bits per heavy atom. The Morgan fingerprint density at radius 3 is 2.70 bits per heavy atom. The first-order chi connectivity index (χ1) is 9.61. The van der Waals surface area contributed by atoms with Crippen molar-refractivity contribution in [1.29, 1.82) is 5.41 Å². The third kappa shape index (κ3) is 6.80. The molecule has 0 aromatic heterocycles. The van der Waals surface area contributed by atoms with E-state index in [-0.39, 0.29) is 5.96 Å². The fourth-order valence-corrected chi connectivity index (χ4v) is 1.53. The number of nitrogens with zero attached hydrogens (tertiary/aromatic N) is 1. The molecule has 0 amide bonds. The van der Waals surface area contributed by atoms with Crippen LogP contribution in [-0.2, 0) is 0 Å². The monoisotopic (exact) mass is 293 g/mol. The number of guanidine groups is 2. The highest BCUT2D eigenvalue weighted by atomic mass is 35.5. The Bertz CT molecular complexity index is 479. The number of aliphatic imine (C=N–C) groups is 1. The number of nitrogens with one attached hydrogen (secondary N) is 3. The van der Waals surface area contributed by atoms with Gasteiger partial charge in [0.2, 0.25) is 5.96 Å². The normalized spacial score (nSPS) is 11.6. The quantitative estimate of drug-likeness (QED) is 0.382. The molecule has 0 unspecified atom stereocenters. The number of benzene rings is 1. The van der Waals surface area contributed by atoms with Crippen LogP contribution in [0.3, 0.4) is 0 Å². The Labute approximate surface area is 124 Å². The summed E-state index contributed by atoms with van der Waals surface area (Å²) in [5, 5.41) is 13.7. The third-order valence-corrected chi connectivity index (χ3v) is 2.67. The minimum absolute atomic E-state index is 0.146. The summed E-state index contributed by atoms with van der Waals surface area (Å²) in [7, 11) is 0. The molecule has 0 radical (unpaired) electrons.